The summed E-state index contributed by atoms with van der Waals surface area (Å²) in [6.07, 6.45) is 3.51. The van der Waals surface area contributed by atoms with Crippen LogP contribution in [0.1, 0.15) is 53.0 Å². The van der Waals surface area contributed by atoms with E-state index < -0.39 is 5.97 Å². The number of ether oxygens (including phenoxy) is 1. The molecule has 0 saturated heterocycles. The molecule has 9 nitrogen and oxygen atoms in total. The van der Waals surface area contributed by atoms with Crippen LogP contribution in [0.3, 0.4) is 0 Å². The lowest BCUT2D eigenvalue weighted by molar-refractivity contribution is -0.137. The Labute approximate surface area is 234 Å². The van der Waals surface area contributed by atoms with Crippen molar-refractivity contribution in [3.8, 4) is 11.6 Å². The van der Waals surface area contributed by atoms with E-state index in [4.69, 9.17) is 4.74 Å². The van der Waals surface area contributed by atoms with Gasteiger partial charge in [-0.25, -0.2) is 9.67 Å². The Kier molecular flexibility index (Phi) is 5.79. The van der Waals surface area contributed by atoms with Gasteiger partial charge in [0.05, 0.1) is 17.5 Å². The molecule has 0 radical (unpaired) electrons. The van der Waals surface area contributed by atoms with Crippen molar-refractivity contribution in [3.63, 3.8) is 0 Å². The first-order chi connectivity index (χ1) is 19.3. The zero-order chi connectivity index (χ0) is 27.6. The number of carboxylic acid groups (broad SMARTS) is 1. The molecule has 3 aromatic heterocycles. The van der Waals surface area contributed by atoms with Crippen molar-refractivity contribution >= 4 is 38.4 Å². The molecule has 1 aliphatic carbocycles. The number of thiophene rings is 1. The molecule has 1 aliphatic heterocycles. The first-order valence-electron chi connectivity index (χ1n) is 13.4. The molecule has 0 bridgehead atoms. The largest absolute Gasteiger partial charge is 0.493 e. The molecule has 1 fully saturated rings. The van der Waals surface area contributed by atoms with Crippen molar-refractivity contribution in [1.82, 2.24) is 24.9 Å². The molecule has 2 N–H and O–H groups in total. The summed E-state index contributed by atoms with van der Waals surface area (Å²) in [7, 11) is 1.85. The third kappa shape index (κ3) is 4.28. The standard InChI is InChI=1S/C30H29N5O4S/c1-17-21(3-4-24-27(17)32-33-34(24)2)22(13-26(36)37)19-11-18-6-10-40-28(18)20(12-19)14-35-15-23-25(5-9-31-29(23)38)39-30(16-35)7-8-30/h3-6,9-12,22H,7-8,13-16H2,1-2H3,(H,31,38)(H,36,37). The van der Waals surface area contributed by atoms with Crippen LogP contribution in [0.15, 0.2) is 48.0 Å². The van der Waals surface area contributed by atoms with E-state index in [2.05, 4.69) is 43.8 Å². The second kappa shape index (κ2) is 9.28. The van der Waals surface area contributed by atoms with Crippen molar-refractivity contribution < 1.29 is 19.7 Å². The van der Waals surface area contributed by atoms with Gasteiger partial charge in [-0.15, -0.1) is 16.4 Å². The van der Waals surface area contributed by atoms with Crippen molar-refractivity contribution in [1.29, 1.82) is 0 Å². The quantitative estimate of drug-likeness (QED) is 0.297. The number of pyridine rings is 1. The van der Waals surface area contributed by atoms with E-state index in [1.165, 1.54) is 4.70 Å². The fraction of sp³-hybridized carbons (Fsp3) is 0.333. The van der Waals surface area contributed by atoms with Crippen molar-refractivity contribution in [2.24, 2.45) is 7.05 Å². The molecular weight excluding hydrogens is 526 g/mol. The van der Waals surface area contributed by atoms with Crippen molar-refractivity contribution in [2.75, 3.05) is 6.54 Å². The number of aliphatic carboxylic acids is 1. The number of aromatic nitrogens is 4. The highest BCUT2D eigenvalue weighted by molar-refractivity contribution is 7.17. The average molecular weight is 556 g/mol. The van der Waals surface area contributed by atoms with Gasteiger partial charge >= 0.3 is 5.97 Å². The number of benzene rings is 2. The number of carbonyl (C=O) groups is 1. The number of hydrogen-bond acceptors (Lipinski definition) is 8. The maximum absolute atomic E-state index is 12.1. The number of carboxylic acids is 1. The van der Waals surface area contributed by atoms with E-state index in [0.29, 0.717) is 24.4 Å². The third-order valence-corrected chi connectivity index (χ3v) is 9.30. The number of aromatic hydroxyl groups is 1. The average Bonchev–Trinajstić information content (AvgIpc) is 3.35. The minimum absolute atomic E-state index is 0.00613. The zero-order valence-electron chi connectivity index (χ0n) is 22.3. The van der Waals surface area contributed by atoms with Crippen LogP contribution < -0.4 is 4.74 Å². The number of aryl methyl sites for hydroxylation is 2. The van der Waals surface area contributed by atoms with Gasteiger partial charge in [0, 0.05) is 43.5 Å². The lowest BCUT2D eigenvalue weighted by Crippen LogP contribution is -2.34. The molecule has 10 heteroatoms. The van der Waals surface area contributed by atoms with Crippen LogP contribution in [0.2, 0.25) is 0 Å². The summed E-state index contributed by atoms with van der Waals surface area (Å²) in [6, 6.07) is 12.2. The Morgan fingerprint density at radius 1 is 1.23 bits per heavy atom. The smallest absolute Gasteiger partial charge is 0.304 e. The molecule has 1 spiro atoms. The predicted molar refractivity (Wildman–Crippen MR) is 152 cm³/mol. The summed E-state index contributed by atoms with van der Waals surface area (Å²) in [5.74, 6) is -0.482. The number of rotatable bonds is 6. The molecule has 5 aromatic rings. The van der Waals surface area contributed by atoms with Gasteiger partial charge in [-0.3, -0.25) is 9.69 Å². The first kappa shape index (κ1) is 25.0. The monoisotopic (exact) mass is 555 g/mol. The van der Waals surface area contributed by atoms with Crippen LogP contribution in [0.25, 0.3) is 21.1 Å². The van der Waals surface area contributed by atoms with Crippen LogP contribution in [0, 0.1) is 6.92 Å². The van der Waals surface area contributed by atoms with E-state index in [-0.39, 0.29) is 23.8 Å². The van der Waals surface area contributed by atoms with E-state index in [0.717, 1.165) is 58.1 Å². The Morgan fingerprint density at radius 2 is 2.08 bits per heavy atom. The van der Waals surface area contributed by atoms with Crippen molar-refractivity contribution in [3.05, 3.63) is 75.8 Å². The fourth-order valence-electron chi connectivity index (χ4n) is 6.12. The van der Waals surface area contributed by atoms with Crippen LogP contribution in [-0.2, 0) is 24.9 Å². The lowest BCUT2D eigenvalue weighted by Gasteiger charge is -2.25. The number of hydrogen-bond donors (Lipinski definition) is 2. The summed E-state index contributed by atoms with van der Waals surface area (Å²) < 4.78 is 9.29. The minimum Gasteiger partial charge on any atom is -0.493 e. The molecule has 1 atom stereocenters. The Morgan fingerprint density at radius 3 is 2.88 bits per heavy atom. The van der Waals surface area contributed by atoms with E-state index in [9.17, 15) is 15.0 Å². The number of fused-ring (bicyclic) bond motifs is 3. The molecule has 0 amide bonds. The van der Waals surface area contributed by atoms with Crippen LogP contribution in [0.5, 0.6) is 11.6 Å². The maximum atomic E-state index is 12.1. The Hall–Kier alpha value is -4.02. The van der Waals surface area contributed by atoms with Crippen LogP contribution in [0.4, 0.5) is 0 Å². The minimum atomic E-state index is -0.851. The summed E-state index contributed by atoms with van der Waals surface area (Å²) in [4.78, 5) is 18.6. The lowest BCUT2D eigenvalue weighted by atomic mass is 9.84. The SMILES string of the molecule is Cc1c(C(CC(=O)O)c2cc(CN3Cc4c(ccnc4O)OC4(CC4)C3)c3sccc3c2)ccc2c1nnn2C. The maximum Gasteiger partial charge on any atom is 0.304 e. The topological polar surface area (TPSA) is 114 Å². The summed E-state index contributed by atoms with van der Waals surface area (Å²) >= 11 is 1.69. The molecule has 1 saturated carbocycles. The highest BCUT2D eigenvalue weighted by Gasteiger charge is 2.49. The molecule has 2 aliphatic rings. The number of nitrogens with zero attached hydrogens (tertiary/aromatic N) is 5. The van der Waals surface area contributed by atoms with Gasteiger partial charge in [-0.1, -0.05) is 17.3 Å². The second-order valence-electron chi connectivity index (χ2n) is 11.1. The molecule has 4 heterocycles. The second-order valence-corrected chi connectivity index (χ2v) is 12.0. The summed E-state index contributed by atoms with van der Waals surface area (Å²) in [6.45, 7) is 3.91. The van der Waals surface area contributed by atoms with Crippen LogP contribution >= 0.6 is 11.3 Å². The molecule has 1 unspecified atom stereocenters. The van der Waals surface area contributed by atoms with Gasteiger partial charge in [0.25, 0.3) is 0 Å². The van der Waals surface area contributed by atoms with E-state index in [1.54, 1.807) is 22.2 Å². The first-order valence-corrected chi connectivity index (χ1v) is 14.3. The van der Waals surface area contributed by atoms with Crippen molar-refractivity contribution in [2.45, 2.75) is 50.8 Å². The summed E-state index contributed by atoms with van der Waals surface area (Å²) in [5.41, 5.74) is 6.18. The van der Waals surface area contributed by atoms with Gasteiger partial charge in [-0.05, 0) is 77.1 Å². The van der Waals surface area contributed by atoms with E-state index in [1.807, 2.05) is 32.2 Å². The molecule has 7 rings (SSSR count). The Bertz CT molecular complexity index is 1790. The normalized spacial score (nSPS) is 17.1. The van der Waals surface area contributed by atoms with Gasteiger partial charge in [0.1, 0.15) is 16.9 Å². The highest BCUT2D eigenvalue weighted by atomic mass is 32.1. The van der Waals surface area contributed by atoms with Gasteiger partial charge in [0.15, 0.2) is 0 Å². The van der Waals surface area contributed by atoms with E-state index >= 15 is 0 Å². The Balaban J connectivity index is 1.31. The van der Waals surface area contributed by atoms with Gasteiger partial charge < -0.3 is 14.9 Å². The molecule has 204 valence electrons. The molecule has 40 heavy (non-hydrogen) atoms. The van der Waals surface area contributed by atoms with Gasteiger partial charge in [-0.2, -0.15) is 0 Å². The molecule has 2 aromatic carbocycles. The zero-order valence-corrected chi connectivity index (χ0v) is 23.1. The van der Waals surface area contributed by atoms with Crippen LogP contribution in [-0.4, -0.2) is 53.2 Å². The highest BCUT2D eigenvalue weighted by Crippen LogP contribution is 2.46. The summed E-state index contributed by atoms with van der Waals surface area (Å²) in [5, 5.41) is 32.2. The van der Waals surface area contributed by atoms with Gasteiger partial charge in [0.2, 0.25) is 5.88 Å². The fourth-order valence-corrected chi connectivity index (χ4v) is 7.01. The predicted octanol–water partition coefficient (Wildman–Crippen LogP) is 5.13. The molecular formula is C30H29N5O4S. The third-order valence-electron chi connectivity index (χ3n) is 8.30.